The van der Waals surface area contributed by atoms with Gasteiger partial charge < -0.3 is 35.8 Å². The van der Waals surface area contributed by atoms with Crippen molar-refractivity contribution in [2.24, 2.45) is 10.4 Å². The first kappa shape index (κ1) is 44.2. The second-order valence-corrected chi connectivity index (χ2v) is 7.22. The number of nitrogen functional groups attached to an aromatic ring is 2. The number of ether oxygens (including phenoxy) is 3. The van der Waals surface area contributed by atoms with Crippen molar-refractivity contribution < 1.29 is 58.2 Å². The molecule has 13 nitrogen and oxygen atoms in total. The fourth-order valence-corrected chi connectivity index (χ4v) is 2.05. The molecule has 2 rings (SSSR count). The van der Waals surface area contributed by atoms with E-state index in [1.165, 1.54) is 6.92 Å². The van der Waals surface area contributed by atoms with Gasteiger partial charge in [-0.1, -0.05) is 11.6 Å². The van der Waals surface area contributed by atoms with E-state index in [9.17, 15) is 14.4 Å². The van der Waals surface area contributed by atoms with Crippen molar-refractivity contribution in [2.75, 3.05) is 37.2 Å². The van der Waals surface area contributed by atoms with Gasteiger partial charge in [-0.2, -0.15) is 5.10 Å². The molecular formula is C23H31Cl3N5NaO8. The number of halogens is 3. The number of carbonyl (C=O) groups is 3. The van der Waals surface area contributed by atoms with Crippen LogP contribution in [0, 0.1) is 10.1 Å². The molecule has 1 atom stereocenters. The van der Waals surface area contributed by atoms with Gasteiger partial charge in [-0.15, -0.1) is 29.3 Å². The number of benzene rings is 2. The van der Waals surface area contributed by atoms with Crippen LogP contribution in [0.1, 0.15) is 20.8 Å². The molecule has 0 saturated heterocycles. The maximum Gasteiger partial charge on any atom is 1.00 e. The number of methoxy groups -OCH3 is 1. The molecule has 0 aromatic heterocycles. The number of hydrazone groups is 1. The van der Waals surface area contributed by atoms with Gasteiger partial charge in [0.05, 0.1) is 26.0 Å². The third-order valence-electron chi connectivity index (χ3n) is 3.60. The SMILES string of the molecule is CCOC(=O)/C(Cl)=N/Nc1ccc(N)cc1.CCOC(=O)C(Cl)C(C)=O.COc1ccc(N)cc1.Cl.O=N[O-].[Na+]. The average Bonchev–Trinajstić information content (AvgIpc) is 2.89. The number of nitrogens with two attached hydrogens (primary N) is 2. The minimum atomic E-state index is -1.14. The summed E-state index contributed by atoms with van der Waals surface area (Å²) in [6, 6.07) is 14.1. The zero-order valence-electron chi connectivity index (χ0n) is 22.6. The molecule has 0 heterocycles. The molecule has 0 aliphatic rings. The maximum absolute atomic E-state index is 11.1. The molecule has 2 aromatic carbocycles. The van der Waals surface area contributed by atoms with E-state index < -0.39 is 17.3 Å². The van der Waals surface area contributed by atoms with Crippen LogP contribution in [0.25, 0.3) is 0 Å². The molecule has 0 amide bonds. The van der Waals surface area contributed by atoms with E-state index >= 15 is 0 Å². The van der Waals surface area contributed by atoms with Crippen molar-refractivity contribution in [2.45, 2.75) is 26.1 Å². The molecule has 1 unspecified atom stereocenters. The number of nitrogens with one attached hydrogen (secondary N) is 1. The van der Waals surface area contributed by atoms with Gasteiger partial charge in [-0.3, -0.25) is 10.2 Å². The average molecular weight is 635 g/mol. The summed E-state index contributed by atoms with van der Waals surface area (Å²) in [6.45, 7) is 5.09. The van der Waals surface area contributed by atoms with Crippen molar-refractivity contribution in [3.63, 3.8) is 0 Å². The summed E-state index contributed by atoms with van der Waals surface area (Å²) in [5, 5.41) is 11.3. The van der Waals surface area contributed by atoms with E-state index in [2.05, 4.69) is 20.0 Å². The van der Waals surface area contributed by atoms with Gasteiger partial charge in [-0.25, -0.2) is 9.59 Å². The minimum absolute atomic E-state index is 0. The molecule has 0 bridgehead atoms. The molecule has 0 aliphatic heterocycles. The molecule has 0 radical (unpaired) electrons. The number of anilines is 3. The molecule has 0 aliphatic carbocycles. The zero-order chi connectivity index (χ0) is 29.5. The number of nitrogens with zero attached hydrogens (tertiary/aromatic N) is 2. The summed E-state index contributed by atoms with van der Waals surface area (Å²) < 4.78 is 14.0. The van der Waals surface area contributed by atoms with E-state index in [0.717, 1.165) is 16.8 Å². The van der Waals surface area contributed by atoms with E-state index in [1.54, 1.807) is 57.4 Å². The molecule has 5 N–H and O–H groups in total. The molecule has 0 fully saturated rings. The van der Waals surface area contributed by atoms with Crippen LogP contribution >= 0.6 is 35.6 Å². The number of rotatable bonds is 8. The summed E-state index contributed by atoms with van der Waals surface area (Å²) in [5.41, 5.74) is 15.6. The molecule has 17 heteroatoms. The van der Waals surface area contributed by atoms with Gasteiger partial charge in [0.15, 0.2) is 11.2 Å². The van der Waals surface area contributed by atoms with Gasteiger partial charge in [0.1, 0.15) is 5.75 Å². The first-order valence-corrected chi connectivity index (χ1v) is 11.5. The largest absolute Gasteiger partial charge is 1.00 e. The molecule has 0 spiro atoms. The summed E-state index contributed by atoms with van der Waals surface area (Å²) >= 11 is 10.9. The zero-order valence-corrected chi connectivity index (χ0v) is 26.9. The van der Waals surface area contributed by atoms with E-state index in [1.807, 2.05) is 12.1 Å². The number of hydrogen-bond donors (Lipinski definition) is 3. The van der Waals surface area contributed by atoms with Crippen LogP contribution in [0.4, 0.5) is 17.1 Å². The Morgan fingerprint density at radius 2 is 1.40 bits per heavy atom. The normalized spacial score (nSPS) is 9.80. The Bertz CT molecular complexity index is 1020. The van der Waals surface area contributed by atoms with Gasteiger partial charge >= 0.3 is 41.5 Å². The Labute approximate surface area is 270 Å². The first-order chi connectivity index (χ1) is 18.0. The second kappa shape index (κ2) is 27.7. The number of alkyl halides is 1. The summed E-state index contributed by atoms with van der Waals surface area (Å²) in [7, 11) is 1.63. The molecular weight excluding hydrogens is 604 g/mol. The first-order valence-electron chi connectivity index (χ1n) is 10.6. The summed E-state index contributed by atoms with van der Waals surface area (Å²) in [5.74, 6) is -0.881. The molecule has 0 saturated carbocycles. The number of ketones is 1. The minimum Gasteiger partial charge on any atom is -0.497 e. The van der Waals surface area contributed by atoms with Crippen molar-refractivity contribution in [1.82, 2.24) is 0 Å². The van der Waals surface area contributed by atoms with Gasteiger partial charge in [0.25, 0.3) is 0 Å². The van der Waals surface area contributed by atoms with Crippen LogP contribution in [-0.4, -0.2) is 48.6 Å². The summed E-state index contributed by atoms with van der Waals surface area (Å²) in [4.78, 5) is 40.1. The van der Waals surface area contributed by atoms with E-state index in [4.69, 9.17) is 49.5 Å². The van der Waals surface area contributed by atoms with E-state index in [0.29, 0.717) is 11.4 Å². The second-order valence-electron chi connectivity index (χ2n) is 6.43. The Morgan fingerprint density at radius 3 is 1.77 bits per heavy atom. The Morgan fingerprint density at radius 1 is 0.975 bits per heavy atom. The van der Waals surface area contributed by atoms with Crippen molar-refractivity contribution in [3.05, 3.63) is 58.6 Å². The number of esters is 2. The topological polar surface area (TPSA) is 208 Å². The van der Waals surface area contributed by atoms with Crippen LogP contribution in [0.2, 0.25) is 0 Å². The van der Waals surface area contributed by atoms with Gasteiger partial charge in [0.2, 0.25) is 5.17 Å². The van der Waals surface area contributed by atoms with Crippen LogP contribution in [-0.2, 0) is 23.9 Å². The van der Waals surface area contributed by atoms with Crippen LogP contribution in [0.5, 0.6) is 5.75 Å². The van der Waals surface area contributed by atoms with Gasteiger partial charge in [0, 0.05) is 11.4 Å². The van der Waals surface area contributed by atoms with Crippen molar-refractivity contribution in [1.29, 1.82) is 0 Å². The van der Waals surface area contributed by atoms with Crippen LogP contribution in [0.3, 0.4) is 0 Å². The fraction of sp³-hybridized carbons (Fsp3) is 0.304. The molecule has 40 heavy (non-hydrogen) atoms. The Kier molecular flexibility index (Phi) is 30.7. The third kappa shape index (κ3) is 23.1. The quantitative estimate of drug-likeness (QED) is 0.0554. The van der Waals surface area contributed by atoms with Crippen LogP contribution in [0.15, 0.2) is 59.0 Å². The van der Waals surface area contributed by atoms with Crippen molar-refractivity contribution in [3.8, 4) is 5.75 Å². The van der Waals surface area contributed by atoms with Gasteiger partial charge in [-0.05, 0) is 69.3 Å². The van der Waals surface area contributed by atoms with E-state index in [-0.39, 0.29) is 66.1 Å². The third-order valence-corrected chi connectivity index (χ3v) is 4.33. The summed E-state index contributed by atoms with van der Waals surface area (Å²) in [6.07, 6.45) is 0. The van der Waals surface area contributed by atoms with Crippen molar-refractivity contribution >= 4 is 75.6 Å². The standard InChI is InChI=1S/C10H12ClN3O2.C7H9NO.C6H9ClO3.ClH.HNO2.Na/c1-2-16-10(15)9(11)14-13-8-5-3-7(12)4-6-8;1-9-7-4-2-6(8)3-5-7;1-3-10-6(9)5(7)4(2)8;;2-1-3;/h3-6,13H,2,12H2,1H3;2-5H,8H2,1H3;5H,3H2,1-2H3;1H;(H,2,3);/q;;;;;+1/p-1/b14-9-;;;;;. The predicted octanol–water partition coefficient (Wildman–Crippen LogP) is 1.50. The smallest absolute Gasteiger partial charge is 0.497 e. The molecule has 2 aromatic rings. The number of Topliss-reactive ketones (excluding diaryl/α,β-unsaturated/α-hetero) is 1. The maximum atomic E-state index is 11.1. The fourth-order valence-electron chi connectivity index (χ4n) is 1.89. The monoisotopic (exact) mass is 633 g/mol. The number of hydrogen-bond acceptors (Lipinski definition) is 13. The predicted molar refractivity (Wildman–Crippen MR) is 155 cm³/mol. The Hall–Kier alpha value is -2.81. The number of carbonyl (C=O) groups excluding carboxylic acids is 3. The molecule has 218 valence electrons. The Balaban J connectivity index is -0.000000236. The van der Waals surface area contributed by atoms with Crippen LogP contribution < -0.4 is 51.2 Å².